The molecule has 0 spiro atoms. The standard InChI is InChI=1S/C16H18BrN3O3S/c1-3-20(4-2)24(22,23)15-7-5-14(6-8-15)19-16(21)12-9-13(17)11-18-10-12/h5-11H,3-4H2,1-2H3,(H,19,21). The average Bonchev–Trinajstić information content (AvgIpc) is 2.56. The van der Waals surface area contributed by atoms with Crippen LogP contribution in [0.2, 0.25) is 0 Å². The molecule has 0 bridgehead atoms. The van der Waals surface area contributed by atoms with E-state index in [1.807, 2.05) is 0 Å². The Labute approximate surface area is 150 Å². The number of rotatable bonds is 6. The molecule has 2 rings (SSSR count). The highest BCUT2D eigenvalue weighted by Crippen LogP contribution is 2.19. The number of carbonyl (C=O) groups excluding carboxylic acids is 1. The van der Waals surface area contributed by atoms with Gasteiger partial charge in [0.1, 0.15) is 0 Å². The van der Waals surface area contributed by atoms with Gasteiger partial charge in [-0.15, -0.1) is 0 Å². The van der Waals surface area contributed by atoms with Crippen molar-refractivity contribution in [2.75, 3.05) is 18.4 Å². The highest BCUT2D eigenvalue weighted by molar-refractivity contribution is 9.10. The summed E-state index contributed by atoms with van der Waals surface area (Å²) < 4.78 is 26.9. The maximum absolute atomic E-state index is 12.4. The minimum Gasteiger partial charge on any atom is -0.322 e. The molecule has 0 radical (unpaired) electrons. The van der Waals surface area contributed by atoms with Crippen LogP contribution in [0.4, 0.5) is 5.69 Å². The topological polar surface area (TPSA) is 79.4 Å². The van der Waals surface area contributed by atoms with Gasteiger partial charge < -0.3 is 5.32 Å². The van der Waals surface area contributed by atoms with Gasteiger partial charge in [-0.1, -0.05) is 13.8 Å². The van der Waals surface area contributed by atoms with Crippen LogP contribution in [0.15, 0.2) is 52.1 Å². The molecule has 1 heterocycles. The van der Waals surface area contributed by atoms with Crippen LogP contribution >= 0.6 is 15.9 Å². The summed E-state index contributed by atoms with van der Waals surface area (Å²) in [6.45, 7) is 4.41. The first kappa shape index (κ1) is 18.6. The molecule has 1 amide bonds. The fourth-order valence-electron chi connectivity index (χ4n) is 2.16. The second-order valence-electron chi connectivity index (χ2n) is 4.96. The highest BCUT2D eigenvalue weighted by atomic mass is 79.9. The highest BCUT2D eigenvalue weighted by Gasteiger charge is 2.21. The molecule has 0 aliphatic rings. The minimum atomic E-state index is -3.50. The first-order valence-electron chi connectivity index (χ1n) is 7.40. The number of halogens is 1. The van der Waals surface area contributed by atoms with Crippen molar-refractivity contribution in [3.05, 3.63) is 52.8 Å². The van der Waals surface area contributed by atoms with Gasteiger partial charge in [-0.2, -0.15) is 4.31 Å². The smallest absolute Gasteiger partial charge is 0.257 e. The zero-order valence-electron chi connectivity index (χ0n) is 13.4. The molecule has 1 aromatic heterocycles. The van der Waals surface area contributed by atoms with Gasteiger partial charge in [-0.3, -0.25) is 9.78 Å². The fraction of sp³-hybridized carbons (Fsp3) is 0.250. The van der Waals surface area contributed by atoms with Gasteiger partial charge in [0.25, 0.3) is 5.91 Å². The Hall–Kier alpha value is -1.77. The van der Waals surface area contributed by atoms with Crippen molar-refractivity contribution in [1.29, 1.82) is 0 Å². The van der Waals surface area contributed by atoms with Crippen molar-refractivity contribution >= 4 is 37.5 Å². The van der Waals surface area contributed by atoms with Crippen molar-refractivity contribution in [3.8, 4) is 0 Å². The number of benzene rings is 1. The Morgan fingerprint density at radius 1 is 1.17 bits per heavy atom. The van der Waals surface area contributed by atoms with E-state index in [0.29, 0.717) is 28.8 Å². The Morgan fingerprint density at radius 2 is 1.79 bits per heavy atom. The van der Waals surface area contributed by atoms with Gasteiger partial charge in [-0.25, -0.2) is 8.42 Å². The summed E-state index contributed by atoms with van der Waals surface area (Å²) in [6, 6.07) is 7.77. The van der Waals surface area contributed by atoms with Crippen molar-refractivity contribution in [2.45, 2.75) is 18.7 Å². The Balaban J connectivity index is 2.17. The lowest BCUT2D eigenvalue weighted by atomic mass is 10.2. The van der Waals surface area contributed by atoms with Crippen LogP contribution in [0.5, 0.6) is 0 Å². The average molecular weight is 412 g/mol. The van der Waals surface area contributed by atoms with Crippen LogP contribution in [0.1, 0.15) is 24.2 Å². The molecule has 128 valence electrons. The molecule has 2 aromatic rings. The molecule has 0 aliphatic carbocycles. The van der Waals surface area contributed by atoms with Gasteiger partial charge in [0, 0.05) is 35.6 Å². The van der Waals surface area contributed by atoms with Crippen LogP contribution in [0, 0.1) is 0 Å². The van der Waals surface area contributed by atoms with Crippen molar-refractivity contribution in [3.63, 3.8) is 0 Å². The summed E-state index contributed by atoms with van der Waals surface area (Å²) in [4.78, 5) is 16.3. The molecule has 0 atom stereocenters. The lowest BCUT2D eigenvalue weighted by Gasteiger charge is -2.18. The van der Waals surface area contributed by atoms with E-state index in [1.165, 1.54) is 22.6 Å². The second-order valence-corrected chi connectivity index (χ2v) is 7.81. The number of sulfonamides is 1. The zero-order valence-corrected chi connectivity index (χ0v) is 15.8. The molecule has 1 aromatic carbocycles. The van der Waals surface area contributed by atoms with E-state index in [2.05, 4.69) is 26.2 Å². The number of hydrogen-bond donors (Lipinski definition) is 1. The third-order valence-corrected chi connectivity index (χ3v) is 5.92. The number of amides is 1. The van der Waals surface area contributed by atoms with E-state index in [9.17, 15) is 13.2 Å². The monoisotopic (exact) mass is 411 g/mol. The number of aromatic nitrogens is 1. The summed E-state index contributed by atoms with van der Waals surface area (Å²) in [7, 11) is -3.50. The van der Waals surface area contributed by atoms with Crippen LogP contribution in [-0.4, -0.2) is 36.7 Å². The van der Waals surface area contributed by atoms with Gasteiger partial charge in [0.2, 0.25) is 10.0 Å². The molecule has 0 aliphatic heterocycles. The van der Waals surface area contributed by atoms with Crippen molar-refractivity contribution in [2.24, 2.45) is 0 Å². The van der Waals surface area contributed by atoms with Gasteiger partial charge in [-0.05, 0) is 46.3 Å². The van der Waals surface area contributed by atoms with Crippen LogP contribution in [0.3, 0.4) is 0 Å². The Bertz CT molecular complexity index is 819. The predicted octanol–water partition coefficient (Wildman–Crippen LogP) is 3.13. The molecule has 0 saturated heterocycles. The quantitative estimate of drug-likeness (QED) is 0.791. The number of hydrogen-bond acceptors (Lipinski definition) is 4. The molecule has 6 nitrogen and oxygen atoms in total. The van der Waals surface area contributed by atoms with E-state index in [4.69, 9.17) is 0 Å². The lowest BCUT2D eigenvalue weighted by molar-refractivity contribution is 0.102. The maximum Gasteiger partial charge on any atom is 0.257 e. The number of nitrogens with one attached hydrogen (secondary N) is 1. The molecule has 24 heavy (non-hydrogen) atoms. The largest absolute Gasteiger partial charge is 0.322 e. The molecule has 0 fully saturated rings. The number of carbonyl (C=O) groups is 1. The third-order valence-electron chi connectivity index (χ3n) is 3.42. The molecular weight excluding hydrogens is 394 g/mol. The number of nitrogens with zero attached hydrogens (tertiary/aromatic N) is 2. The van der Waals surface area contributed by atoms with E-state index >= 15 is 0 Å². The maximum atomic E-state index is 12.4. The summed E-state index contributed by atoms with van der Waals surface area (Å²) >= 11 is 3.26. The molecule has 0 unspecified atom stereocenters. The Kier molecular flexibility index (Phi) is 6.09. The first-order valence-corrected chi connectivity index (χ1v) is 9.64. The fourth-order valence-corrected chi connectivity index (χ4v) is 3.98. The van der Waals surface area contributed by atoms with Gasteiger partial charge in [0.05, 0.1) is 10.5 Å². The van der Waals surface area contributed by atoms with Crippen molar-refractivity contribution < 1.29 is 13.2 Å². The lowest BCUT2D eigenvalue weighted by Crippen LogP contribution is -2.30. The van der Waals surface area contributed by atoms with Crippen molar-refractivity contribution in [1.82, 2.24) is 9.29 Å². The van der Waals surface area contributed by atoms with E-state index in [0.717, 1.165) is 0 Å². The minimum absolute atomic E-state index is 0.202. The first-order chi connectivity index (χ1) is 11.4. The van der Waals surface area contributed by atoms with E-state index in [-0.39, 0.29) is 10.8 Å². The molecular formula is C16H18BrN3O3S. The van der Waals surface area contributed by atoms with Crippen LogP contribution in [0.25, 0.3) is 0 Å². The number of pyridine rings is 1. The molecule has 8 heteroatoms. The van der Waals surface area contributed by atoms with E-state index in [1.54, 1.807) is 38.2 Å². The third kappa shape index (κ3) is 4.19. The van der Waals surface area contributed by atoms with Gasteiger partial charge >= 0.3 is 0 Å². The Morgan fingerprint density at radius 3 is 2.33 bits per heavy atom. The summed E-state index contributed by atoms with van der Waals surface area (Å²) in [5.74, 6) is -0.317. The molecule has 1 N–H and O–H groups in total. The summed E-state index contributed by atoms with van der Waals surface area (Å²) in [5, 5.41) is 2.71. The summed E-state index contributed by atoms with van der Waals surface area (Å²) in [6.07, 6.45) is 3.04. The van der Waals surface area contributed by atoms with Crippen LogP contribution < -0.4 is 5.32 Å². The summed E-state index contributed by atoms with van der Waals surface area (Å²) in [5.41, 5.74) is 0.919. The number of anilines is 1. The SMILES string of the molecule is CCN(CC)S(=O)(=O)c1ccc(NC(=O)c2cncc(Br)c2)cc1. The van der Waals surface area contributed by atoms with Gasteiger partial charge in [0.15, 0.2) is 0 Å². The predicted molar refractivity (Wildman–Crippen MR) is 96.4 cm³/mol. The zero-order chi connectivity index (χ0) is 17.7. The normalized spacial score (nSPS) is 11.5. The van der Waals surface area contributed by atoms with Crippen LogP contribution in [-0.2, 0) is 10.0 Å². The molecule has 0 saturated carbocycles. The van der Waals surface area contributed by atoms with E-state index < -0.39 is 10.0 Å². The second kappa shape index (κ2) is 7.87.